The third-order valence-corrected chi connectivity index (χ3v) is 11.8. The van der Waals surface area contributed by atoms with Gasteiger partial charge in [0, 0.05) is 41.0 Å². The van der Waals surface area contributed by atoms with Gasteiger partial charge in [-0.2, -0.15) is 13.8 Å². The molecule has 0 spiro atoms. The quantitative estimate of drug-likeness (QED) is 0.0310. The van der Waals surface area contributed by atoms with Crippen molar-refractivity contribution in [3.05, 3.63) is 6.42 Å². The normalized spacial score (nSPS) is 10.4. The first kappa shape index (κ1) is 78.0. The van der Waals surface area contributed by atoms with Crippen LogP contribution in [0.15, 0.2) is 0 Å². The average Bonchev–Trinajstić information content (AvgIpc) is 3.24. The van der Waals surface area contributed by atoms with Crippen LogP contribution in [0.25, 0.3) is 0 Å². The Labute approximate surface area is 442 Å². The zero-order valence-electron chi connectivity index (χ0n) is 45.9. The summed E-state index contributed by atoms with van der Waals surface area (Å²) in [5.41, 5.74) is 0. The van der Waals surface area contributed by atoms with E-state index in [4.69, 9.17) is 22.3 Å². The fourth-order valence-corrected chi connectivity index (χ4v) is 7.79. The van der Waals surface area contributed by atoms with E-state index in [0.717, 1.165) is 56.3 Å². The minimum atomic E-state index is -2.00. The Morgan fingerprint density at radius 1 is 0.343 bits per heavy atom. The first-order chi connectivity index (χ1) is 31.7. The summed E-state index contributed by atoms with van der Waals surface area (Å²) in [6.45, 7) is 17.8. The summed E-state index contributed by atoms with van der Waals surface area (Å²) >= 11 is -2.00. The van der Waals surface area contributed by atoms with Gasteiger partial charge in [0.2, 0.25) is 0 Å². The van der Waals surface area contributed by atoms with Crippen LogP contribution in [0.1, 0.15) is 325 Å². The first-order valence-corrected chi connectivity index (χ1v) is 29.4. The molecule has 3 N–H and O–H groups in total. The Kier molecular flexibility index (Phi) is 84.0. The molecule has 0 bridgehead atoms. The van der Waals surface area contributed by atoms with Gasteiger partial charge in [0.05, 0.1) is 0 Å². The molecule has 0 aliphatic carbocycles. The van der Waals surface area contributed by atoms with E-state index >= 15 is 0 Å². The average molecular weight is 1020 g/mol. The van der Waals surface area contributed by atoms with Gasteiger partial charge in [-0.15, -0.1) is 0 Å². The number of carboxylic acid groups (broad SMARTS) is 3. The number of hydrogen-bond acceptors (Lipinski definition) is 5. The molecule has 8 nitrogen and oxygen atoms in total. The second-order valence-electron chi connectivity index (χ2n) is 20.4. The molecule has 0 aromatic heterocycles. The van der Waals surface area contributed by atoms with E-state index in [-0.39, 0.29) is 21.7 Å². The van der Waals surface area contributed by atoms with Gasteiger partial charge in [0.25, 0.3) is 0 Å². The molecule has 0 heterocycles. The van der Waals surface area contributed by atoms with Crippen molar-refractivity contribution < 1.29 is 77.9 Å². The fraction of sp³-hybridized carbons (Fsp3) is 0.930. The molecule has 0 saturated heterocycles. The Morgan fingerprint density at radius 2 is 0.448 bits per heavy atom. The van der Waals surface area contributed by atoms with Gasteiger partial charge in [0.15, 0.2) is 0 Å². The molecular formula is C57H115O8Ti2-2. The molecule has 67 heavy (non-hydrogen) atoms. The van der Waals surface area contributed by atoms with Crippen molar-refractivity contribution >= 4 is 17.9 Å². The monoisotopic (exact) mass is 1020 g/mol. The predicted octanol–water partition coefficient (Wildman–Crippen LogP) is 18.5. The fourth-order valence-electron chi connectivity index (χ4n) is 7.79. The molecule has 0 saturated carbocycles. The summed E-state index contributed by atoms with van der Waals surface area (Å²) in [4.78, 5) is 31.0. The smallest absolute Gasteiger partial charge is 0 e. The third kappa shape index (κ3) is 104. The van der Waals surface area contributed by atoms with E-state index in [0.29, 0.717) is 19.3 Å². The third-order valence-electron chi connectivity index (χ3n) is 11.8. The summed E-state index contributed by atoms with van der Waals surface area (Å²) in [5, 5.41) is 25.6. The molecule has 0 radical (unpaired) electrons. The van der Waals surface area contributed by atoms with Crippen molar-refractivity contribution in [1.82, 2.24) is 0 Å². The molecule has 0 aliphatic heterocycles. The molecule has 10 heteroatoms. The number of aliphatic carboxylic acids is 3. The van der Waals surface area contributed by atoms with Gasteiger partial charge in [-0.3, -0.25) is 14.4 Å². The second kappa shape index (κ2) is 72.1. The Hall–Kier alpha value is -0.401. The summed E-state index contributed by atoms with van der Waals surface area (Å²) < 4.78 is 17.0. The standard InChI is InChI=1S/3C18H36O2.C3H7.2O.2Ti/c3*1-17(2)15-13-11-9-7-5-3-4-6-8-10-12-14-16-18(19)20;1-3-2;;;;/h3*17H,3-16H2,1-2H3,(H,19,20);3H,1-2H3;;;;/q;;;-1;;-1;;. The Morgan fingerprint density at radius 3 is 0.552 bits per heavy atom. The summed E-state index contributed by atoms with van der Waals surface area (Å²) in [6, 6.07) is 0. The van der Waals surface area contributed by atoms with E-state index in [1.165, 1.54) is 212 Å². The largest absolute Gasteiger partial charge is 0 e. The van der Waals surface area contributed by atoms with Crippen molar-refractivity contribution in [3.63, 3.8) is 0 Å². The van der Waals surface area contributed by atoms with Crippen LogP contribution in [-0.2, 0) is 58.9 Å². The Bertz CT molecular complexity index is 822. The van der Waals surface area contributed by atoms with Gasteiger partial charge in [-0.05, 0) is 37.0 Å². The van der Waals surface area contributed by atoms with Crippen molar-refractivity contribution in [2.75, 3.05) is 0 Å². The van der Waals surface area contributed by atoms with Crippen molar-refractivity contribution in [1.29, 1.82) is 0 Å². The maximum atomic E-state index is 10.3. The second-order valence-corrected chi connectivity index (χ2v) is 20.6. The molecule has 0 aliphatic rings. The number of carbonyl (C=O) groups is 3. The predicted molar refractivity (Wildman–Crippen MR) is 278 cm³/mol. The first-order valence-electron chi connectivity index (χ1n) is 28.1. The van der Waals surface area contributed by atoms with Gasteiger partial charge in [0.1, 0.15) is 0 Å². The van der Waals surface area contributed by atoms with E-state index in [2.05, 4.69) is 41.5 Å². The SMILES string of the molecule is CC(C)CCCCCCCCCCCCCCC(=O)O.CC(C)CCCCCCCCCCCCCCC(=O)O.CC(C)CCCCCCCCCCCCCCC(=O)O.C[CH-]C.[O]=[Ti][O-].[Ti]. The topological polar surface area (TPSA) is 152 Å². The van der Waals surface area contributed by atoms with Crippen molar-refractivity contribution in [3.8, 4) is 0 Å². The molecule has 0 unspecified atom stereocenters. The zero-order valence-corrected chi connectivity index (χ0v) is 49.0. The van der Waals surface area contributed by atoms with Gasteiger partial charge >= 0.3 is 44.4 Å². The molecule has 0 rings (SSSR count). The van der Waals surface area contributed by atoms with Crippen molar-refractivity contribution in [2.24, 2.45) is 17.8 Å². The Balaban J connectivity index is -0.000000194. The van der Waals surface area contributed by atoms with Gasteiger partial charge in [-0.1, -0.05) is 273 Å². The summed E-state index contributed by atoms with van der Waals surface area (Å²) in [6.07, 6.45) is 54.0. The summed E-state index contributed by atoms with van der Waals surface area (Å²) in [7, 11) is 0. The van der Waals surface area contributed by atoms with Crippen LogP contribution in [0.4, 0.5) is 0 Å². The zero-order chi connectivity index (χ0) is 50.6. The van der Waals surface area contributed by atoms with E-state index in [1.807, 2.05) is 20.3 Å². The minimum Gasteiger partial charge on any atom is 0 e. The molecule has 0 amide bonds. The van der Waals surface area contributed by atoms with Crippen LogP contribution in [0.2, 0.25) is 0 Å². The van der Waals surface area contributed by atoms with Crippen LogP contribution in [0.5, 0.6) is 0 Å². The van der Waals surface area contributed by atoms with Crippen LogP contribution in [-0.4, -0.2) is 33.2 Å². The van der Waals surface area contributed by atoms with Gasteiger partial charge < -0.3 is 21.7 Å². The summed E-state index contributed by atoms with van der Waals surface area (Å²) in [5.74, 6) is 0.636. The van der Waals surface area contributed by atoms with E-state index < -0.39 is 37.4 Å². The van der Waals surface area contributed by atoms with Crippen LogP contribution in [0, 0.1) is 24.2 Å². The maximum Gasteiger partial charge on any atom is 0 e. The van der Waals surface area contributed by atoms with Crippen LogP contribution in [0.3, 0.4) is 0 Å². The van der Waals surface area contributed by atoms with E-state index in [9.17, 15) is 14.4 Å². The van der Waals surface area contributed by atoms with Gasteiger partial charge in [-0.25, -0.2) is 0 Å². The maximum absolute atomic E-state index is 10.3. The molecular weight excluding hydrogens is 908 g/mol. The van der Waals surface area contributed by atoms with E-state index in [1.54, 1.807) is 0 Å². The number of hydrogen-bond donors (Lipinski definition) is 3. The van der Waals surface area contributed by atoms with Crippen LogP contribution >= 0.6 is 0 Å². The van der Waals surface area contributed by atoms with Crippen molar-refractivity contribution in [2.45, 2.75) is 325 Å². The molecule has 0 aromatic carbocycles. The molecule has 0 fully saturated rings. The molecule has 0 atom stereocenters. The van der Waals surface area contributed by atoms with Crippen LogP contribution < -0.4 is 3.69 Å². The number of carboxylic acids is 3. The molecule has 401 valence electrons. The molecule has 0 aromatic rings. The number of rotatable bonds is 45. The minimum absolute atomic E-state index is 0. The number of unbranched alkanes of at least 4 members (excludes halogenated alkanes) is 33.